The van der Waals surface area contributed by atoms with Gasteiger partial charge in [0.2, 0.25) is 5.91 Å². The maximum atomic E-state index is 13.7. The van der Waals surface area contributed by atoms with Crippen LogP contribution >= 0.6 is 11.6 Å². The maximum Gasteiger partial charge on any atom is 0.436 e. The van der Waals surface area contributed by atoms with E-state index in [2.05, 4.69) is 10.1 Å². The van der Waals surface area contributed by atoms with Crippen molar-refractivity contribution in [1.29, 1.82) is 5.26 Å². The predicted octanol–water partition coefficient (Wildman–Crippen LogP) is 3.63. The smallest absolute Gasteiger partial charge is 0.389 e. The monoisotopic (exact) mass is 530 g/mol. The minimum Gasteiger partial charge on any atom is -0.389 e. The Labute approximate surface area is 212 Å². The Bertz CT molecular complexity index is 1620. The van der Waals surface area contributed by atoms with E-state index < -0.39 is 29.4 Å². The van der Waals surface area contributed by atoms with E-state index in [0.29, 0.717) is 38.2 Å². The summed E-state index contributed by atoms with van der Waals surface area (Å²) in [4.78, 5) is 17.9. The van der Waals surface area contributed by atoms with E-state index in [1.807, 2.05) is 0 Å². The molecule has 37 heavy (non-hydrogen) atoms. The number of alkyl halides is 3. The minimum atomic E-state index is -4.88. The van der Waals surface area contributed by atoms with E-state index in [0.717, 1.165) is 4.52 Å². The molecule has 13 heteroatoms. The number of fused-ring (bicyclic) bond motifs is 2. The van der Waals surface area contributed by atoms with Crippen molar-refractivity contribution in [2.24, 2.45) is 0 Å². The maximum absolute atomic E-state index is 13.7. The van der Waals surface area contributed by atoms with Gasteiger partial charge < -0.3 is 10.0 Å². The van der Waals surface area contributed by atoms with E-state index in [-0.39, 0.29) is 31.0 Å². The number of aliphatic hydroxyl groups is 1. The topological polar surface area (TPSA) is 127 Å². The zero-order valence-corrected chi connectivity index (χ0v) is 19.9. The number of aryl methyl sites for hydroxylation is 1. The van der Waals surface area contributed by atoms with Crippen LogP contribution in [0.5, 0.6) is 0 Å². The first kappa shape index (κ1) is 24.8. The van der Waals surface area contributed by atoms with Gasteiger partial charge in [0.1, 0.15) is 17.5 Å². The lowest BCUT2D eigenvalue weighted by Crippen LogP contribution is -2.51. The number of hydroxylamine groups is 1. The molecule has 0 atom stereocenters. The Balaban J connectivity index is 1.85. The molecule has 1 amide bonds. The lowest BCUT2D eigenvalue weighted by atomic mass is 9.92. The minimum absolute atomic E-state index is 0.144. The van der Waals surface area contributed by atoms with E-state index >= 15 is 0 Å². The number of hydrogen-bond acceptors (Lipinski definition) is 7. The fourth-order valence-corrected chi connectivity index (χ4v) is 4.82. The number of hydrogen-bond donors (Lipinski definition) is 3. The summed E-state index contributed by atoms with van der Waals surface area (Å²) in [7, 11) is 0. The largest absolute Gasteiger partial charge is 0.436 e. The number of nitrogens with zero attached hydrogens (tertiary/aromatic N) is 5. The lowest BCUT2D eigenvalue weighted by molar-refractivity contribution is -0.141. The summed E-state index contributed by atoms with van der Waals surface area (Å²) in [6, 6.07) is 9.95. The molecule has 190 valence electrons. The molecule has 1 fully saturated rings. The SMILES string of the molecule is Cc1nc2c(C#N)c(C(F)(F)F)nn2c(N2CC(O)C2)c1-c1ccc(CC(=O)NO)c2cc(Cl)ccc12. The van der Waals surface area contributed by atoms with E-state index in [1.165, 1.54) is 0 Å². The number of aromatic nitrogens is 3. The molecule has 0 radical (unpaired) electrons. The number of carbonyl (C=O) groups excluding carboxylic acids is 1. The molecular weight excluding hydrogens is 513 g/mol. The van der Waals surface area contributed by atoms with Gasteiger partial charge in [0, 0.05) is 23.7 Å². The van der Waals surface area contributed by atoms with Crippen LogP contribution in [0.1, 0.15) is 22.5 Å². The van der Waals surface area contributed by atoms with Gasteiger partial charge in [0.05, 0.1) is 18.2 Å². The van der Waals surface area contributed by atoms with Crippen LogP contribution in [-0.2, 0) is 17.4 Å². The molecule has 5 rings (SSSR count). The third-order valence-electron chi connectivity index (χ3n) is 6.28. The van der Waals surface area contributed by atoms with Crippen molar-refractivity contribution in [1.82, 2.24) is 20.1 Å². The van der Waals surface area contributed by atoms with Crippen LogP contribution in [0.3, 0.4) is 0 Å². The normalized spacial score (nSPS) is 14.2. The number of rotatable bonds is 4. The molecule has 0 saturated carbocycles. The molecule has 1 aliphatic heterocycles. The Kier molecular flexibility index (Phi) is 5.94. The molecule has 0 spiro atoms. The van der Waals surface area contributed by atoms with E-state index in [4.69, 9.17) is 16.8 Å². The summed E-state index contributed by atoms with van der Waals surface area (Å²) in [5, 5.41) is 33.8. The van der Waals surface area contributed by atoms with E-state index in [1.54, 1.807) is 53.7 Å². The van der Waals surface area contributed by atoms with Crippen molar-refractivity contribution in [3.63, 3.8) is 0 Å². The number of aliphatic hydroxyl groups excluding tert-OH is 1. The number of halogens is 4. The second kappa shape index (κ2) is 8.88. The Hall–Kier alpha value is -3.92. The van der Waals surface area contributed by atoms with Crippen molar-refractivity contribution in [3.05, 3.63) is 57.9 Å². The fourth-order valence-electron chi connectivity index (χ4n) is 4.64. The van der Waals surface area contributed by atoms with Gasteiger partial charge in [-0.05, 0) is 41.0 Å². The molecule has 3 heterocycles. The van der Waals surface area contributed by atoms with Gasteiger partial charge >= 0.3 is 6.18 Å². The van der Waals surface area contributed by atoms with Crippen molar-refractivity contribution in [2.45, 2.75) is 25.6 Å². The number of amides is 1. The highest BCUT2D eigenvalue weighted by Gasteiger charge is 2.41. The predicted molar refractivity (Wildman–Crippen MR) is 127 cm³/mol. The van der Waals surface area contributed by atoms with Gasteiger partial charge in [-0.3, -0.25) is 10.0 Å². The zero-order chi connectivity index (χ0) is 26.6. The van der Waals surface area contributed by atoms with Gasteiger partial charge in [-0.2, -0.15) is 28.0 Å². The molecule has 1 saturated heterocycles. The average Bonchev–Trinajstić information content (AvgIpc) is 3.20. The summed E-state index contributed by atoms with van der Waals surface area (Å²) in [5.41, 5.74) is 1.25. The van der Waals surface area contributed by atoms with Crippen molar-refractivity contribution in [2.75, 3.05) is 18.0 Å². The van der Waals surface area contributed by atoms with E-state index in [9.17, 15) is 28.3 Å². The van der Waals surface area contributed by atoms with Gasteiger partial charge in [-0.25, -0.2) is 10.5 Å². The average molecular weight is 531 g/mol. The standard InChI is InChI=1S/C24H18ClF3N6O3/c1-11-20(16-4-2-12(6-19(36)32-37)17-7-13(25)3-5-15(16)17)23(33-9-14(35)10-33)34-22(30-11)18(8-29)21(31-34)24(26,27)28/h2-5,7,14,35,37H,6,9-10H2,1H3,(H,32,36). The molecule has 3 N–H and O–H groups in total. The number of β-amino-alcohol motifs (C(OH)–C–C–N with tert-alkyl or cyclic N) is 1. The summed E-state index contributed by atoms with van der Waals surface area (Å²) in [6.45, 7) is 1.91. The third-order valence-corrected chi connectivity index (χ3v) is 6.51. The molecule has 9 nitrogen and oxygen atoms in total. The number of nitrogens with one attached hydrogen (secondary N) is 1. The second-order valence-corrected chi connectivity index (χ2v) is 9.13. The van der Waals surface area contributed by atoms with Crippen molar-refractivity contribution >= 4 is 39.7 Å². The first-order chi connectivity index (χ1) is 17.5. The van der Waals surface area contributed by atoms with Crippen LogP contribution in [0.2, 0.25) is 5.02 Å². The Morgan fingerprint density at radius 2 is 2.00 bits per heavy atom. The van der Waals surface area contributed by atoms with Crippen LogP contribution in [-0.4, -0.2) is 50.0 Å². The van der Waals surface area contributed by atoms with Gasteiger partial charge in [0.15, 0.2) is 11.3 Å². The lowest BCUT2D eigenvalue weighted by Gasteiger charge is -2.39. The van der Waals surface area contributed by atoms with Crippen LogP contribution in [0.15, 0.2) is 30.3 Å². The van der Waals surface area contributed by atoms with Crippen LogP contribution in [0.4, 0.5) is 19.0 Å². The Morgan fingerprint density at radius 1 is 1.27 bits per heavy atom. The highest BCUT2D eigenvalue weighted by molar-refractivity contribution is 6.31. The fraction of sp³-hybridized carbons (Fsp3) is 0.250. The Morgan fingerprint density at radius 3 is 2.62 bits per heavy atom. The molecule has 2 aromatic carbocycles. The van der Waals surface area contributed by atoms with Gasteiger partial charge in [-0.1, -0.05) is 29.8 Å². The molecular formula is C24H18ClF3N6O3. The summed E-state index contributed by atoms with van der Waals surface area (Å²) in [6.07, 6.45) is -5.70. The first-order valence-corrected chi connectivity index (χ1v) is 11.4. The number of carbonyl (C=O) groups is 1. The van der Waals surface area contributed by atoms with Crippen molar-refractivity contribution < 1.29 is 28.3 Å². The van der Waals surface area contributed by atoms with Crippen LogP contribution < -0.4 is 10.4 Å². The van der Waals surface area contributed by atoms with Crippen LogP contribution in [0, 0.1) is 18.3 Å². The third kappa shape index (κ3) is 4.11. The molecule has 0 unspecified atom stereocenters. The number of nitriles is 1. The summed E-state index contributed by atoms with van der Waals surface area (Å²) < 4.78 is 42.2. The summed E-state index contributed by atoms with van der Waals surface area (Å²) >= 11 is 6.23. The quantitative estimate of drug-likeness (QED) is 0.272. The second-order valence-electron chi connectivity index (χ2n) is 8.70. The number of anilines is 1. The molecule has 0 bridgehead atoms. The highest BCUT2D eigenvalue weighted by Crippen LogP contribution is 2.42. The van der Waals surface area contributed by atoms with Gasteiger partial charge in [0.25, 0.3) is 0 Å². The highest BCUT2D eigenvalue weighted by atomic mass is 35.5. The van der Waals surface area contributed by atoms with Crippen molar-refractivity contribution in [3.8, 4) is 17.2 Å². The zero-order valence-electron chi connectivity index (χ0n) is 19.1. The van der Waals surface area contributed by atoms with Gasteiger partial charge in [-0.15, -0.1) is 0 Å². The molecule has 4 aromatic rings. The van der Waals surface area contributed by atoms with Crippen LogP contribution in [0.25, 0.3) is 27.5 Å². The summed E-state index contributed by atoms with van der Waals surface area (Å²) in [5.74, 6) is -0.388. The number of benzene rings is 2. The molecule has 1 aliphatic rings. The molecule has 2 aromatic heterocycles. The molecule has 0 aliphatic carbocycles. The first-order valence-electron chi connectivity index (χ1n) is 11.0.